The van der Waals surface area contributed by atoms with E-state index in [4.69, 9.17) is 16.0 Å². The fourth-order valence-electron chi connectivity index (χ4n) is 1.67. The molecular formula is C10H13ClN2O2. The molecule has 0 radical (unpaired) electrons. The van der Waals surface area contributed by atoms with Gasteiger partial charge in [-0.1, -0.05) is 0 Å². The third-order valence-electron chi connectivity index (χ3n) is 2.43. The molecule has 1 fully saturated rings. The first kappa shape index (κ1) is 10.5. The van der Waals surface area contributed by atoms with Crippen molar-refractivity contribution in [2.75, 3.05) is 13.1 Å². The Bertz CT molecular complexity index is 345. The zero-order valence-electron chi connectivity index (χ0n) is 8.25. The zero-order chi connectivity index (χ0) is 10.7. The van der Waals surface area contributed by atoms with E-state index in [1.807, 2.05) is 0 Å². The lowest BCUT2D eigenvalue weighted by molar-refractivity contribution is 0.0902. The summed E-state index contributed by atoms with van der Waals surface area (Å²) in [6.45, 7) is 1.85. The van der Waals surface area contributed by atoms with Crippen LogP contribution in [0.2, 0.25) is 5.22 Å². The van der Waals surface area contributed by atoms with Crippen LogP contribution >= 0.6 is 11.6 Å². The third kappa shape index (κ3) is 2.73. The number of piperidine rings is 1. The number of hydrogen-bond acceptors (Lipinski definition) is 3. The quantitative estimate of drug-likeness (QED) is 0.805. The van der Waals surface area contributed by atoms with E-state index in [0.29, 0.717) is 0 Å². The van der Waals surface area contributed by atoms with Gasteiger partial charge in [-0.25, -0.2) is 0 Å². The standard InChI is InChI=1S/C10H13ClN2O2/c11-9-4-3-8(15-9)10(14)13-7-2-1-5-12-6-7/h3-4,7,12H,1-2,5-6H2,(H,13,14). The van der Waals surface area contributed by atoms with Crippen LogP contribution in [-0.4, -0.2) is 25.0 Å². The van der Waals surface area contributed by atoms with Crippen molar-refractivity contribution in [3.05, 3.63) is 23.1 Å². The Morgan fingerprint density at radius 2 is 2.47 bits per heavy atom. The highest BCUT2D eigenvalue weighted by molar-refractivity contribution is 6.29. The molecule has 0 aliphatic carbocycles. The van der Waals surface area contributed by atoms with Gasteiger partial charge in [0, 0.05) is 12.6 Å². The van der Waals surface area contributed by atoms with Crippen LogP contribution in [-0.2, 0) is 0 Å². The molecule has 0 aromatic carbocycles. The normalized spacial score (nSPS) is 21.3. The van der Waals surface area contributed by atoms with E-state index in [1.54, 1.807) is 12.1 Å². The number of nitrogens with one attached hydrogen (secondary N) is 2. The summed E-state index contributed by atoms with van der Waals surface area (Å²) in [4.78, 5) is 11.6. The first-order chi connectivity index (χ1) is 7.25. The molecule has 1 aliphatic heterocycles. The molecule has 1 aromatic rings. The number of furan rings is 1. The second-order valence-electron chi connectivity index (χ2n) is 3.62. The minimum atomic E-state index is -0.199. The number of carbonyl (C=O) groups is 1. The smallest absolute Gasteiger partial charge is 0.287 e. The van der Waals surface area contributed by atoms with E-state index in [1.165, 1.54) is 0 Å². The van der Waals surface area contributed by atoms with Gasteiger partial charge in [-0.2, -0.15) is 0 Å². The van der Waals surface area contributed by atoms with E-state index in [2.05, 4.69) is 10.6 Å². The second-order valence-corrected chi connectivity index (χ2v) is 3.99. The molecule has 0 saturated carbocycles. The molecule has 82 valence electrons. The second kappa shape index (κ2) is 4.68. The fraction of sp³-hybridized carbons (Fsp3) is 0.500. The zero-order valence-corrected chi connectivity index (χ0v) is 9.01. The number of amides is 1. The molecule has 2 heterocycles. The Balaban J connectivity index is 1.91. The van der Waals surface area contributed by atoms with Crippen LogP contribution in [0.1, 0.15) is 23.4 Å². The maximum Gasteiger partial charge on any atom is 0.287 e. The van der Waals surface area contributed by atoms with E-state index in [9.17, 15) is 4.79 Å². The number of rotatable bonds is 2. The molecule has 1 unspecified atom stereocenters. The van der Waals surface area contributed by atoms with Crippen LogP contribution in [0, 0.1) is 0 Å². The Labute approximate surface area is 93.0 Å². The lowest BCUT2D eigenvalue weighted by Crippen LogP contribution is -2.45. The van der Waals surface area contributed by atoms with Gasteiger partial charge in [-0.05, 0) is 43.1 Å². The summed E-state index contributed by atoms with van der Waals surface area (Å²) in [6.07, 6.45) is 2.09. The summed E-state index contributed by atoms with van der Waals surface area (Å²) in [5.41, 5.74) is 0. The Hall–Kier alpha value is -1.00. The molecular weight excluding hydrogens is 216 g/mol. The minimum absolute atomic E-state index is 0.190. The average molecular weight is 229 g/mol. The molecule has 1 aromatic heterocycles. The molecule has 5 heteroatoms. The van der Waals surface area contributed by atoms with Crippen molar-refractivity contribution in [2.45, 2.75) is 18.9 Å². The Morgan fingerprint density at radius 1 is 1.60 bits per heavy atom. The van der Waals surface area contributed by atoms with E-state index < -0.39 is 0 Å². The molecule has 2 rings (SSSR count). The average Bonchev–Trinajstić information content (AvgIpc) is 2.66. The van der Waals surface area contributed by atoms with Crippen LogP contribution < -0.4 is 10.6 Å². The van der Waals surface area contributed by atoms with E-state index in [0.717, 1.165) is 25.9 Å². The molecule has 1 saturated heterocycles. The molecule has 15 heavy (non-hydrogen) atoms. The van der Waals surface area contributed by atoms with Crippen LogP contribution in [0.3, 0.4) is 0 Å². The van der Waals surface area contributed by atoms with Gasteiger partial charge in [0.25, 0.3) is 5.91 Å². The number of halogens is 1. The van der Waals surface area contributed by atoms with Crippen molar-refractivity contribution in [3.63, 3.8) is 0 Å². The van der Waals surface area contributed by atoms with Crippen LogP contribution in [0.25, 0.3) is 0 Å². The van der Waals surface area contributed by atoms with Gasteiger partial charge in [0.15, 0.2) is 11.0 Å². The topological polar surface area (TPSA) is 54.3 Å². The summed E-state index contributed by atoms with van der Waals surface area (Å²) in [5, 5.41) is 6.36. The monoisotopic (exact) mass is 228 g/mol. The van der Waals surface area contributed by atoms with Crippen LogP contribution in [0.4, 0.5) is 0 Å². The van der Waals surface area contributed by atoms with Gasteiger partial charge in [0.05, 0.1) is 0 Å². The molecule has 1 atom stereocenters. The van der Waals surface area contributed by atoms with Crippen molar-refractivity contribution in [1.29, 1.82) is 0 Å². The third-order valence-corrected chi connectivity index (χ3v) is 2.63. The highest BCUT2D eigenvalue weighted by Gasteiger charge is 2.18. The number of carbonyl (C=O) groups excluding carboxylic acids is 1. The van der Waals surface area contributed by atoms with E-state index in [-0.39, 0.29) is 22.9 Å². The lowest BCUT2D eigenvalue weighted by Gasteiger charge is -2.23. The van der Waals surface area contributed by atoms with Gasteiger partial charge in [0.1, 0.15) is 0 Å². The first-order valence-corrected chi connectivity index (χ1v) is 5.40. The van der Waals surface area contributed by atoms with E-state index >= 15 is 0 Å². The summed E-state index contributed by atoms with van der Waals surface area (Å²) < 4.78 is 5.02. The summed E-state index contributed by atoms with van der Waals surface area (Å²) in [6, 6.07) is 3.33. The van der Waals surface area contributed by atoms with Gasteiger partial charge in [0.2, 0.25) is 0 Å². The minimum Gasteiger partial charge on any atom is -0.440 e. The molecule has 0 spiro atoms. The van der Waals surface area contributed by atoms with Crippen molar-refractivity contribution in [1.82, 2.24) is 10.6 Å². The van der Waals surface area contributed by atoms with Crippen molar-refractivity contribution >= 4 is 17.5 Å². The maximum absolute atomic E-state index is 11.6. The number of hydrogen-bond donors (Lipinski definition) is 2. The van der Waals surface area contributed by atoms with Crippen LogP contribution in [0.5, 0.6) is 0 Å². The molecule has 1 aliphatic rings. The predicted octanol–water partition coefficient (Wildman–Crippen LogP) is 1.41. The maximum atomic E-state index is 11.6. The van der Waals surface area contributed by atoms with Gasteiger partial charge in [-0.15, -0.1) is 0 Å². The summed E-state index contributed by atoms with van der Waals surface area (Å²) >= 11 is 5.59. The first-order valence-electron chi connectivity index (χ1n) is 5.02. The van der Waals surface area contributed by atoms with Crippen molar-refractivity contribution in [2.24, 2.45) is 0 Å². The van der Waals surface area contributed by atoms with Gasteiger partial charge >= 0.3 is 0 Å². The fourth-order valence-corrected chi connectivity index (χ4v) is 1.81. The molecule has 2 N–H and O–H groups in total. The largest absolute Gasteiger partial charge is 0.440 e. The summed E-state index contributed by atoms with van der Waals surface area (Å²) in [7, 11) is 0. The predicted molar refractivity (Wildman–Crippen MR) is 57.1 cm³/mol. The van der Waals surface area contributed by atoms with Gasteiger partial charge < -0.3 is 15.1 Å². The van der Waals surface area contributed by atoms with Crippen LogP contribution in [0.15, 0.2) is 16.5 Å². The highest BCUT2D eigenvalue weighted by atomic mass is 35.5. The Morgan fingerprint density at radius 3 is 3.07 bits per heavy atom. The molecule has 4 nitrogen and oxygen atoms in total. The van der Waals surface area contributed by atoms with Crippen molar-refractivity contribution in [3.8, 4) is 0 Å². The Kier molecular flexibility index (Phi) is 3.28. The SMILES string of the molecule is O=C(NC1CCCNC1)c1ccc(Cl)o1. The molecule has 0 bridgehead atoms. The highest BCUT2D eigenvalue weighted by Crippen LogP contribution is 2.13. The van der Waals surface area contributed by atoms with Crippen molar-refractivity contribution < 1.29 is 9.21 Å². The summed E-state index contributed by atoms with van der Waals surface area (Å²) in [5.74, 6) is 0.0705. The molecule has 1 amide bonds. The lowest BCUT2D eigenvalue weighted by atomic mass is 10.1. The van der Waals surface area contributed by atoms with Gasteiger partial charge in [-0.3, -0.25) is 4.79 Å².